The number of phenolic OH excluding ortho intramolecular Hbond substituents is 2. The van der Waals surface area contributed by atoms with Gasteiger partial charge >= 0.3 is 0 Å². The number of aryl methyl sites for hydroxylation is 2. The summed E-state index contributed by atoms with van der Waals surface area (Å²) in [4.78, 5) is 13.1. The van der Waals surface area contributed by atoms with Crippen LogP contribution in [-0.2, 0) is 0 Å². The fourth-order valence-electron chi connectivity index (χ4n) is 3.34. The minimum atomic E-state index is -0.457. The SMILES string of the molecule is Cc1ccc(C)c(NC(=O)c2cc(N=Nc3ccc(O)cc3Cl)c3ccccc3c2O)c1. The highest BCUT2D eigenvalue weighted by Gasteiger charge is 2.18. The van der Waals surface area contributed by atoms with Gasteiger partial charge in [0.05, 0.1) is 16.3 Å². The van der Waals surface area contributed by atoms with Crippen LogP contribution in [0.3, 0.4) is 0 Å². The molecule has 0 aliphatic heterocycles. The molecule has 4 aromatic carbocycles. The first-order valence-corrected chi connectivity index (χ1v) is 10.2. The van der Waals surface area contributed by atoms with Gasteiger partial charge in [0.25, 0.3) is 5.91 Å². The Bertz CT molecular complexity index is 1380. The number of fused-ring (bicyclic) bond motifs is 1. The van der Waals surface area contributed by atoms with E-state index in [1.807, 2.05) is 38.1 Å². The number of halogens is 1. The van der Waals surface area contributed by atoms with E-state index in [1.54, 1.807) is 18.2 Å². The summed E-state index contributed by atoms with van der Waals surface area (Å²) in [6.45, 7) is 3.84. The fourth-order valence-corrected chi connectivity index (χ4v) is 3.55. The third kappa shape index (κ3) is 4.26. The van der Waals surface area contributed by atoms with Crippen LogP contribution in [0.25, 0.3) is 10.8 Å². The van der Waals surface area contributed by atoms with E-state index < -0.39 is 5.91 Å². The average Bonchev–Trinajstić information content (AvgIpc) is 2.77. The molecule has 1 amide bonds. The van der Waals surface area contributed by atoms with Crippen LogP contribution in [0.5, 0.6) is 11.5 Å². The summed E-state index contributed by atoms with van der Waals surface area (Å²) in [5, 5.41) is 33.0. The van der Waals surface area contributed by atoms with E-state index >= 15 is 0 Å². The number of nitrogens with one attached hydrogen (secondary N) is 1. The minimum absolute atomic E-state index is 0.0226. The second kappa shape index (κ2) is 8.69. The Labute approximate surface area is 189 Å². The predicted molar refractivity (Wildman–Crippen MR) is 127 cm³/mol. The Morgan fingerprint density at radius 2 is 1.59 bits per heavy atom. The van der Waals surface area contributed by atoms with E-state index in [0.29, 0.717) is 27.8 Å². The van der Waals surface area contributed by atoms with Crippen molar-refractivity contribution in [3.63, 3.8) is 0 Å². The van der Waals surface area contributed by atoms with Crippen molar-refractivity contribution in [2.75, 3.05) is 5.32 Å². The molecule has 0 fully saturated rings. The summed E-state index contributed by atoms with van der Waals surface area (Å²) in [5.41, 5.74) is 3.42. The number of nitrogens with zero attached hydrogens (tertiary/aromatic N) is 2. The molecule has 0 saturated carbocycles. The van der Waals surface area contributed by atoms with Crippen molar-refractivity contribution in [3.05, 3.63) is 88.4 Å². The molecule has 4 aromatic rings. The highest BCUT2D eigenvalue weighted by Crippen LogP contribution is 2.38. The summed E-state index contributed by atoms with van der Waals surface area (Å²) in [6.07, 6.45) is 0. The Morgan fingerprint density at radius 1 is 0.875 bits per heavy atom. The summed E-state index contributed by atoms with van der Waals surface area (Å²) in [7, 11) is 0. The zero-order chi connectivity index (χ0) is 22.8. The highest BCUT2D eigenvalue weighted by atomic mass is 35.5. The molecule has 0 unspecified atom stereocenters. The Kier molecular flexibility index (Phi) is 5.79. The van der Waals surface area contributed by atoms with Crippen molar-refractivity contribution >= 4 is 45.3 Å². The van der Waals surface area contributed by atoms with Crippen molar-refractivity contribution < 1.29 is 15.0 Å². The van der Waals surface area contributed by atoms with Gasteiger partial charge in [0.2, 0.25) is 0 Å². The van der Waals surface area contributed by atoms with Gasteiger partial charge in [0.15, 0.2) is 0 Å². The highest BCUT2D eigenvalue weighted by molar-refractivity contribution is 6.33. The maximum Gasteiger partial charge on any atom is 0.259 e. The monoisotopic (exact) mass is 445 g/mol. The molecule has 160 valence electrons. The van der Waals surface area contributed by atoms with Crippen LogP contribution in [-0.4, -0.2) is 16.1 Å². The number of aromatic hydroxyl groups is 2. The molecule has 4 rings (SSSR count). The largest absolute Gasteiger partial charge is 0.508 e. The molecule has 0 saturated heterocycles. The molecule has 0 heterocycles. The van der Waals surface area contributed by atoms with Gasteiger partial charge in [-0.15, -0.1) is 10.2 Å². The van der Waals surface area contributed by atoms with Gasteiger partial charge in [-0.05, 0) is 49.2 Å². The summed E-state index contributed by atoms with van der Waals surface area (Å²) in [5.74, 6) is -0.569. The number of hydrogen-bond acceptors (Lipinski definition) is 5. The van der Waals surface area contributed by atoms with Crippen molar-refractivity contribution in [1.29, 1.82) is 0 Å². The molecular formula is C25H20ClN3O3. The number of rotatable bonds is 4. The van der Waals surface area contributed by atoms with Crippen LogP contribution < -0.4 is 5.32 Å². The number of hydrogen-bond donors (Lipinski definition) is 3. The second-order valence-electron chi connectivity index (χ2n) is 7.45. The van der Waals surface area contributed by atoms with E-state index in [-0.39, 0.29) is 22.1 Å². The lowest BCUT2D eigenvalue weighted by Gasteiger charge is -2.13. The van der Waals surface area contributed by atoms with Gasteiger partial charge < -0.3 is 15.5 Å². The van der Waals surface area contributed by atoms with Crippen LogP contribution in [0.15, 0.2) is 77.0 Å². The molecule has 7 heteroatoms. The van der Waals surface area contributed by atoms with Crippen LogP contribution in [0, 0.1) is 13.8 Å². The van der Waals surface area contributed by atoms with Gasteiger partial charge in [-0.25, -0.2) is 0 Å². The minimum Gasteiger partial charge on any atom is -0.508 e. The van der Waals surface area contributed by atoms with Crippen molar-refractivity contribution in [2.45, 2.75) is 13.8 Å². The van der Waals surface area contributed by atoms with Gasteiger partial charge in [0.1, 0.15) is 17.2 Å². The number of anilines is 1. The topological polar surface area (TPSA) is 94.3 Å². The smallest absolute Gasteiger partial charge is 0.259 e. The van der Waals surface area contributed by atoms with Crippen molar-refractivity contribution in [3.8, 4) is 11.5 Å². The van der Waals surface area contributed by atoms with E-state index in [2.05, 4.69) is 15.5 Å². The zero-order valence-corrected chi connectivity index (χ0v) is 18.2. The lowest BCUT2D eigenvalue weighted by Crippen LogP contribution is -2.13. The molecule has 0 atom stereocenters. The predicted octanol–water partition coefficient (Wildman–Crippen LogP) is 7.19. The van der Waals surface area contributed by atoms with Crippen LogP contribution in [0.1, 0.15) is 21.5 Å². The van der Waals surface area contributed by atoms with E-state index in [4.69, 9.17) is 11.6 Å². The fraction of sp³-hybridized carbons (Fsp3) is 0.0800. The van der Waals surface area contributed by atoms with Crippen LogP contribution in [0.2, 0.25) is 5.02 Å². The molecule has 0 radical (unpaired) electrons. The summed E-state index contributed by atoms with van der Waals surface area (Å²) in [6, 6.07) is 18.7. The first kappa shape index (κ1) is 21.3. The van der Waals surface area contributed by atoms with Crippen molar-refractivity contribution in [1.82, 2.24) is 0 Å². The maximum absolute atomic E-state index is 13.1. The van der Waals surface area contributed by atoms with Gasteiger partial charge in [-0.3, -0.25) is 4.79 Å². The molecule has 32 heavy (non-hydrogen) atoms. The lowest BCUT2D eigenvalue weighted by molar-refractivity contribution is 0.102. The number of phenols is 2. The zero-order valence-electron chi connectivity index (χ0n) is 17.4. The standard InChI is InChI=1S/C25H20ClN3O3/c1-14-7-8-15(2)22(11-14)27-25(32)19-13-23(17-5-3-4-6-18(17)24(19)31)29-28-21-10-9-16(30)12-20(21)26/h3-13,30-31H,1-2H3,(H,27,32). The Balaban J connectivity index is 1.78. The van der Waals surface area contributed by atoms with E-state index in [1.165, 1.54) is 24.3 Å². The average molecular weight is 446 g/mol. The molecule has 3 N–H and O–H groups in total. The molecule has 0 bridgehead atoms. The number of carbonyl (C=O) groups is 1. The van der Waals surface area contributed by atoms with E-state index in [0.717, 1.165) is 11.1 Å². The molecule has 0 aromatic heterocycles. The molecule has 0 aliphatic carbocycles. The van der Waals surface area contributed by atoms with Gasteiger partial charge in [-0.1, -0.05) is 48.0 Å². The molecule has 0 spiro atoms. The lowest BCUT2D eigenvalue weighted by atomic mass is 10.0. The first-order chi connectivity index (χ1) is 15.3. The van der Waals surface area contributed by atoms with Crippen molar-refractivity contribution in [2.24, 2.45) is 10.2 Å². The summed E-state index contributed by atoms with van der Waals surface area (Å²) < 4.78 is 0. The quantitative estimate of drug-likeness (QED) is 0.290. The molecule has 0 aliphatic rings. The van der Waals surface area contributed by atoms with Crippen LogP contribution in [0.4, 0.5) is 17.1 Å². The number of benzene rings is 4. The Hall–Kier alpha value is -3.90. The van der Waals surface area contributed by atoms with Crippen LogP contribution >= 0.6 is 11.6 Å². The van der Waals surface area contributed by atoms with Gasteiger partial charge in [0, 0.05) is 22.5 Å². The third-order valence-electron chi connectivity index (χ3n) is 5.08. The molecular weight excluding hydrogens is 426 g/mol. The van der Waals surface area contributed by atoms with E-state index in [9.17, 15) is 15.0 Å². The first-order valence-electron chi connectivity index (χ1n) is 9.87. The van der Waals surface area contributed by atoms with Gasteiger partial charge in [-0.2, -0.15) is 0 Å². The normalized spacial score (nSPS) is 11.2. The number of amides is 1. The number of azo groups is 1. The second-order valence-corrected chi connectivity index (χ2v) is 7.85. The number of carbonyl (C=O) groups excluding carboxylic acids is 1. The maximum atomic E-state index is 13.1. The summed E-state index contributed by atoms with van der Waals surface area (Å²) >= 11 is 6.12. The Morgan fingerprint density at radius 3 is 2.34 bits per heavy atom. The molecule has 6 nitrogen and oxygen atoms in total. The third-order valence-corrected chi connectivity index (χ3v) is 5.38.